The van der Waals surface area contributed by atoms with Crippen LogP contribution < -0.4 is 0 Å². The monoisotopic (exact) mass is 400 g/mol. The molecule has 0 aromatic heterocycles. The average molecular weight is 401 g/mol. The van der Waals surface area contributed by atoms with Gasteiger partial charge < -0.3 is 9.84 Å². The predicted octanol–water partition coefficient (Wildman–Crippen LogP) is 4.76. The maximum atomic E-state index is 13.0. The second-order valence-electron chi connectivity index (χ2n) is 10.7. The Hall–Kier alpha value is -1.42. The number of carbonyl (C=O) groups is 2. The van der Waals surface area contributed by atoms with Crippen molar-refractivity contribution in [2.75, 3.05) is 0 Å². The van der Waals surface area contributed by atoms with E-state index in [1.807, 2.05) is 0 Å². The van der Waals surface area contributed by atoms with Gasteiger partial charge in [0.1, 0.15) is 0 Å². The van der Waals surface area contributed by atoms with Crippen LogP contribution in [0.25, 0.3) is 0 Å². The maximum absolute atomic E-state index is 13.0. The number of fused-ring (bicyclic) bond motifs is 5. The molecule has 7 atom stereocenters. The van der Waals surface area contributed by atoms with E-state index >= 15 is 0 Å². The largest absolute Gasteiger partial charge is 0.446 e. The number of aliphatic hydroxyl groups excluding tert-OH is 1. The molecule has 160 valence electrons. The number of rotatable bonds is 2. The third-order valence-corrected chi connectivity index (χ3v) is 9.39. The third kappa shape index (κ3) is 2.60. The highest BCUT2D eigenvalue weighted by Gasteiger charge is 2.69. The van der Waals surface area contributed by atoms with Crippen LogP contribution in [0.5, 0.6) is 0 Å². The Morgan fingerprint density at radius 3 is 2.38 bits per heavy atom. The van der Waals surface area contributed by atoms with Crippen molar-refractivity contribution >= 4 is 11.8 Å². The normalized spacial score (nSPS) is 46.6. The molecule has 3 saturated carbocycles. The van der Waals surface area contributed by atoms with Gasteiger partial charge in [-0.15, -0.1) is 0 Å². The SMILES string of the molecule is C=C1C[C@@H]2[C@H]3CC(C)=C4C[C@@H](O)CC[C@]4(C)[C@@H]3CC[C@]2(C)[C@]1(OC(C)=O)C(C)=O. The van der Waals surface area contributed by atoms with E-state index in [1.165, 1.54) is 18.1 Å². The minimum atomic E-state index is -1.18. The zero-order valence-corrected chi connectivity index (χ0v) is 18.6. The number of ether oxygens (including phenoxy) is 1. The first-order chi connectivity index (χ1) is 13.5. The molecule has 0 radical (unpaired) electrons. The molecule has 1 N–H and O–H groups in total. The van der Waals surface area contributed by atoms with E-state index in [1.54, 1.807) is 6.92 Å². The van der Waals surface area contributed by atoms with E-state index in [0.29, 0.717) is 11.8 Å². The van der Waals surface area contributed by atoms with Gasteiger partial charge in [-0.1, -0.05) is 31.6 Å². The number of allylic oxidation sites excluding steroid dienone is 1. The predicted molar refractivity (Wildman–Crippen MR) is 112 cm³/mol. The minimum Gasteiger partial charge on any atom is -0.446 e. The van der Waals surface area contributed by atoms with Crippen LogP contribution in [-0.2, 0) is 14.3 Å². The van der Waals surface area contributed by atoms with Gasteiger partial charge >= 0.3 is 5.97 Å². The second kappa shape index (κ2) is 6.54. The zero-order valence-electron chi connectivity index (χ0n) is 18.6. The van der Waals surface area contributed by atoms with Crippen LogP contribution in [0, 0.1) is 28.6 Å². The molecule has 4 rings (SSSR count). The molecule has 0 heterocycles. The van der Waals surface area contributed by atoms with E-state index in [0.717, 1.165) is 50.5 Å². The van der Waals surface area contributed by atoms with Crippen molar-refractivity contribution in [3.63, 3.8) is 0 Å². The minimum absolute atomic E-state index is 0.0862. The van der Waals surface area contributed by atoms with Gasteiger partial charge in [0.15, 0.2) is 11.4 Å². The topological polar surface area (TPSA) is 63.6 Å². The van der Waals surface area contributed by atoms with Crippen molar-refractivity contribution in [2.24, 2.45) is 28.6 Å². The van der Waals surface area contributed by atoms with Crippen molar-refractivity contribution < 1.29 is 19.4 Å². The van der Waals surface area contributed by atoms with Crippen LogP contribution in [0.2, 0.25) is 0 Å². The molecule has 4 nitrogen and oxygen atoms in total. The summed E-state index contributed by atoms with van der Waals surface area (Å²) < 4.78 is 5.86. The first-order valence-corrected chi connectivity index (χ1v) is 11.2. The van der Waals surface area contributed by atoms with E-state index in [4.69, 9.17) is 4.74 Å². The number of hydrogen-bond acceptors (Lipinski definition) is 4. The molecule has 0 spiro atoms. The van der Waals surface area contributed by atoms with Crippen molar-refractivity contribution in [2.45, 2.75) is 91.3 Å². The third-order valence-electron chi connectivity index (χ3n) is 9.39. The van der Waals surface area contributed by atoms with Crippen molar-refractivity contribution in [1.82, 2.24) is 0 Å². The Morgan fingerprint density at radius 1 is 1.07 bits per heavy atom. The molecule has 3 fully saturated rings. The highest BCUT2D eigenvalue weighted by atomic mass is 16.6. The van der Waals surface area contributed by atoms with Gasteiger partial charge in [-0.3, -0.25) is 9.59 Å². The molecule has 4 aliphatic carbocycles. The summed E-state index contributed by atoms with van der Waals surface area (Å²) in [5, 5.41) is 10.3. The Labute approximate surface area is 174 Å². The van der Waals surface area contributed by atoms with Crippen LogP contribution in [0.15, 0.2) is 23.3 Å². The average Bonchev–Trinajstić information content (AvgIpc) is 2.85. The van der Waals surface area contributed by atoms with Gasteiger partial charge in [-0.2, -0.15) is 0 Å². The van der Waals surface area contributed by atoms with Crippen molar-refractivity contribution in [1.29, 1.82) is 0 Å². The summed E-state index contributed by atoms with van der Waals surface area (Å²) in [4.78, 5) is 25.0. The molecule has 0 saturated heterocycles. The Balaban J connectivity index is 1.78. The second-order valence-corrected chi connectivity index (χ2v) is 10.7. The van der Waals surface area contributed by atoms with Gasteiger partial charge in [-0.05, 0) is 87.5 Å². The van der Waals surface area contributed by atoms with Gasteiger partial charge in [0, 0.05) is 12.3 Å². The van der Waals surface area contributed by atoms with Crippen LogP contribution in [0.3, 0.4) is 0 Å². The van der Waals surface area contributed by atoms with Crippen molar-refractivity contribution in [3.05, 3.63) is 23.3 Å². The van der Waals surface area contributed by atoms with Gasteiger partial charge in [0.25, 0.3) is 0 Å². The summed E-state index contributed by atoms with van der Waals surface area (Å²) in [6, 6.07) is 0. The smallest absolute Gasteiger partial charge is 0.303 e. The number of hydrogen-bond donors (Lipinski definition) is 1. The highest BCUT2D eigenvalue weighted by molar-refractivity contribution is 5.92. The highest BCUT2D eigenvalue weighted by Crippen LogP contribution is 2.69. The quantitative estimate of drug-likeness (QED) is 0.536. The Bertz CT molecular complexity index is 810. The molecule has 4 aliphatic rings. The first kappa shape index (κ1) is 20.8. The number of carbonyl (C=O) groups excluding carboxylic acids is 2. The summed E-state index contributed by atoms with van der Waals surface area (Å²) >= 11 is 0. The lowest BCUT2D eigenvalue weighted by Crippen LogP contribution is -2.59. The number of ketones is 1. The van der Waals surface area contributed by atoms with E-state index < -0.39 is 17.0 Å². The molecule has 29 heavy (non-hydrogen) atoms. The summed E-state index contributed by atoms with van der Waals surface area (Å²) in [6.07, 6.45) is 6.18. The molecule has 4 heteroatoms. The maximum Gasteiger partial charge on any atom is 0.303 e. The molecular weight excluding hydrogens is 364 g/mol. The fraction of sp³-hybridized carbons (Fsp3) is 0.760. The first-order valence-electron chi connectivity index (χ1n) is 11.2. The fourth-order valence-electron chi connectivity index (χ4n) is 8.17. The molecule has 0 aromatic rings. The van der Waals surface area contributed by atoms with Crippen LogP contribution in [-0.4, -0.2) is 28.6 Å². The number of esters is 1. The summed E-state index contributed by atoms with van der Waals surface area (Å²) in [5.41, 5.74) is 2.25. The van der Waals surface area contributed by atoms with E-state index in [9.17, 15) is 14.7 Å². The lowest BCUT2D eigenvalue weighted by molar-refractivity contribution is -0.181. The molecule has 0 aromatic carbocycles. The summed E-state index contributed by atoms with van der Waals surface area (Å²) in [6.45, 7) is 14.0. The Morgan fingerprint density at radius 2 is 1.76 bits per heavy atom. The van der Waals surface area contributed by atoms with E-state index in [2.05, 4.69) is 27.4 Å². The Kier molecular flexibility index (Phi) is 4.70. The molecule has 0 amide bonds. The van der Waals surface area contributed by atoms with Gasteiger partial charge in [-0.25, -0.2) is 0 Å². The number of aliphatic hydroxyl groups is 1. The fourth-order valence-corrected chi connectivity index (χ4v) is 8.17. The molecule has 0 bridgehead atoms. The van der Waals surface area contributed by atoms with Gasteiger partial charge in [0.2, 0.25) is 0 Å². The number of Topliss-reactive ketones (excluding diaryl/α,β-unsaturated/α-hetero) is 1. The van der Waals surface area contributed by atoms with Crippen LogP contribution >= 0.6 is 0 Å². The lowest BCUT2D eigenvalue weighted by Gasteiger charge is -2.59. The summed E-state index contributed by atoms with van der Waals surface area (Å²) in [7, 11) is 0. The van der Waals surface area contributed by atoms with E-state index in [-0.39, 0.29) is 23.2 Å². The molecular formula is C25H36O4. The van der Waals surface area contributed by atoms with Crippen LogP contribution in [0.1, 0.15) is 79.6 Å². The van der Waals surface area contributed by atoms with Gasteiger partial charge in [0.05, 0.1) is 6.10 Å². The lowest BCUT2D eigenvalue weighted by atomic mass is 9.45. The zero-order chi connectivity index (χ0) is 21.4. The molecule has 0 unspecified atom stereocenters. The molecule has 0 aliphatic heterocycles. The van der Waals surface area contributed by atoms with Crippen molar-refractivity contribution in [3.8, 4) is 0 Å². The van der Waals surface area contributed by atoms with Crippen LogP contribution in [0.4, 0.5) is 0 Å². The summed E-state index contributed by atoms with van der Waals surface area (Å²) in [5.74, 6) is 0.820. The standard InChI is InChI=1S/C25H36O4/c1-14-11-19-20(23(5)9-7-18(28)13-21(14)23)8-10-24(6)22(19)12-15(2)25(24,16(3)26)29-17(4)27/h18-20,22,28H,2,7-13H2,1,3-6H3/t18-,19-,20+,22+,23+,24-,25+/m0/s1.